The summed E-state index contributed by atoms with van der Waals surface area (Å²) in [7, 11) is 0. The largest absolute Gasteiger partial charge is 0.418 e. The predicted octanol–water partition coefficient (Wildman–Crippen LogP) is 4.58. The molecule has 1 aromatic carbocycles. The van der Waals surface area contributed by atoms with E-state index in [0.717, 1.165) is 18.9 Å². The minimum absolute atomic E-state index is 0.183. The van der Waals surface area contributed by atoms with Gasteiger partial charge in [-0.1, -0.05) is 17.7 Å². The molecular formula is C20H17ClF3N5O2. The number of nitriles is 1. The summed E-state index contributed by atoms with van der Waals surface area (Å²) in [5, 5.41) is 26.1. The van der Waals surface area contributed by atoms with E-state index >= 15 is 0 Å². The van der Waals surface area contributed by atoms with Crippen LogP contribution < -0.4 is 10.9 Å². The summed E-state index contributed by atoms with van der Waals surface area (Å²) < 4.78 is 40.0. The molecule has 0 bridgehead atoms. The molecule has 2 aromatic heterocycles. The maximum absolute atomic E-state index is 12.8. The Bertz CT molecular complexity index is 1230. The Morgan fingerprint density at radius 3 is 2.74 bits per heavy atom. The van der Waals surface area contributed by atoms with Crippen LogP contribution in [-0.2, 0) is 0 Å². The first-order chi connectivity index (χ1) is 14.7. The summed E-state index contributed by atoms with van der Waals surface area (Å²) in [5.74, 6) is 0.494. The number of anilines is 2. The lowest BCUT2D eigenvalue weighted by Crippen LogP contribution is -2.20. The molecule has 7 nitrogen and oxygen atoms in total. The first kappa shape index (κ1) is 21.2. The fraction of sp³-hybridized carbons (Fsp3) is 0.350. The summed E-state index contributed by atoms with van der Waals surface area (Å²) in [5.41, 5.74) is -0.0291. The third-order valence-corrected chi connectivity index (χ3v) is 5.61. The van der Waals surface area contributed by atoms with E-state index in [1.165, 1.54) is 18.3 Å². The summed E-state index contributed by atoms with van der Waals surface area (Å²) in [6.45, 7) is 0. The van der Waals surface area contributed by atoms with Crippen LogP contribution in [0.1, 0.15) is 37.0 Å². The maximum Gasteiger partial charge on any atom is 0.418 e. The van der Waals surface area contributed by atoms with Crippen molar-refractivity contribution in [2.75, 3.05) is 5.32 Å². The van der Waals surface area contributed by atoms with Crippen molar-refractivity contribution in [1.82, 2.24) is 14.8 Å². The monoisotopic (exact) mass is 451 g/mol. The van der Waals surface area contributed by atoms with Crippen molar-refractivity contribution >= 4 is 34.0 Å². The van der Waals surface area contributed by atoms with Crippen molar-refractivity contribution in [3.63, 3.8) is 0 Å². The Kier molecular flexibility index (Phi) is 5.41. The number of halogens is 4. The van der Waals surface area contributed by atoms with Gasteiger partial charge in [0.25, 0.3) is 5.56 Å². The van der Waals surface area contributed by atoms with E-state index in [4.69, 9.17) is 11.6 Å². The molecule has 1 saturated carbocycles. The quantitative estimate of drug-likeness (QED) is 0.508. The number of fused-ring (bicyclic) bond motifs is 1. The molecule has 0 spiro atoms. The minimum Gasteiger partial charge on any atom is -0.379 e. The second-order valence-corrected chi connectivity index (χ2v) is 7.84. The average Bonchev–Trinajstić information content (AvgIpc) is 3.48. The second kappa shape index (κ2) is 7.90. The van der Waals surface area contributed by atoms with E-state index < -0.39 is 23.4 Å². The Morgan fingerprint density at radius 2 is 2.13 bits per heavy atom. The molecule has 0 amide bonds. The Morgan fingerprint density at radius 1 is 1.39 bits per heavy atom. The number of aromatic nitrogens is 3. The highest BCUT2D eigenvalue weighted by atomic mass is 35.5. The normalized spacial score (nSPS) is 16.1. The molecule has 2 heterocycles. The van der Waals surface area contributed by atoms with Crippen LogP contribution in [0.2, 0.25) is 5.02 Å². The minimum atomic E-state index is -4.85. The number of nitrogens with one attached hydrogen (secondary N) is 2. The van der Waals surface area contributed by atoms with Crippen LogP contribution in [0.3, 0.4) is 0 Å². The van der Waals surface area contributed by atoms with Crippen LogP contribution in [0.25, 0.3) is 10.9 Å². The highest BCUT2D eigenvalue weighted by molar-refractivity contribution is 6.31. The van der Waals surface area contributed by atoms with Gasteiger partial charge in [0.05, 0.1) is 24.0 Å². The van der Waals surface area contributed by atoms with Gasteiger partial charge in [-0.25, -0.2) is 0 Å². The lowest BCUT2D eigenvalue weighted by atomic mass is 10.1. The summed E-state index contributed by atoms with van der Waals surface area (Å²) in [4.78, 5) is 15.1. The average molecular weight is 452 g/mol. The van der Waals surface area contributed by atoms with Crippen LogP contribution in [0, 0.1) is 17.2 Å². The van der Waals surface area contributed by atoms with Crippen molar-refractivity contribution in [2.24, 2.45) is 5.92 Å². The van der Waals surface area contributed by atoms with Gasteiger partial charge >= 0.3 is 6.18 Å². The van der Waals surface area contributed by atoms with Crippen molar-refractivity contribution in [2.45, 2.75) is 37.6 Å². The highest BCUT2D eigenvalue weighted by Gasteiger charge is 2.40. The number of aromatic amines is 1. The van der Waals surface area contributed by atoms with E-state index in [0.29, 0.717) is 17.1 Å². The summed E-state index contributed by atoms with van der Waals surface area (Å²) >= 11 is 5.96. The van der Waals surface area contributed by atoms with Crippen LogP contribution in [-0.4, -0.2) is 26.0 Å². The zero-order valence-electron chi connectivity index (χ0n) is 15.9. The van der Waals surface area contributed by atoms with Gasteiger partial charge in [0, 0.05) is 22.5 Å². The first-order valence-corrected chi connectivity index (χ1v) is 9.86. The van der Waals surface area contributed by atoms with Crippen molar-refractivity contribution in [3.05, 3.63) is 51.4 Å². The van der Waals surface area contributed by atoms with E-state index in [-0.39, 0.29) is 28.7 Å². The van der Waals surface area contributed by atoms with Gasteiger partial charge < -0.3 is 15.4 Å². The van der Waals surface area contributed by atoms with Gasteiger partial charge in [-0.05, 0) is 37.0 Å². The number of nitrogens with zero attached hydrogens (tertiary/aromatic N) is 3. The highest BCUT2D eigenvalue weighted by Crippen LogP contribution is 2.43. The number of hydrogen-bond acceptors (Lipinski definition) is 5. The number of aliphatic hydroxyl groups is 1. The second-order valence-electron chi connectivity index (χ2n) is 7.43. The molecule has 1 unspecified atom stereocenters. The van der Waals surface area contributed by atoms with Gasteiger partial charge in [-0.2, -0.15) is 23.5 Å². The van der Waals surface area contributed by atoms with Crippen molar-refractivity contribution in [3.8, 4) is 6.07 Å². The topological polar surface area (TPSA) is 107 Å². The van der Waals surface area contributed by atoms with E-state index in [2.05, 4.69) is 21.5 Å². The Labute approximate surface area is 179 Å². The van der Waals surface area contributed by atoms with Gasteiger partial charge in [0.1, 0.15) is 5.39 Å². The fourth-order valence-corrected chi connectivity index (χ4v) is 3.89. The van der Waals surface area contributed by atoms with Crippen LogP contribution >= 0.6 is 11.6 Å². The molecule has 1 aliphatic rings. The zero-order chi connectivity index (χ0) is 22.3. The molecule has 4 rings (SSSR count). The van der Waals surface area contributed by atoms with Crippen molar-refractivity contribution in [1.29, 1.82) is 5.26 Å². The number of hydrogen-bond donors (Lipinski definition) is 3. The van der Waals surface area contributed by atoms with Crippen molar-refractivity contribution < 1.29 is 18.3 Å². The number of benzene rings is 1. The molecule has 31 heavy (non-hydrogen) atoms. The number of alkyl halides is 3. The molecule has 1 fully saturated rings. The van der Waals surface area contributed by atoms with E-state index in [1.807, 2.05) is 0 Å². The molecule has 162 valence electrons. The Balaban J connectivity index is 1.73. The number of rotatable bonds is 6. The lowest BCUT2D eigenvalue weighted by molar-refractivity contribution is -0.206. The summed E-state index contributed by atoms with van der Waals surface area (Å²) in [6, 6.07) is 7.27. The van der Waals surface area contributed by atoms with Gasteiger partial charge in [-0.15, -0.1) is 0 Å². The molecule has 1 aliphatic carbocycles. The molecule has 3 N–H and O–H groups in total. The summed E-state index contributed by atoms with van der Waals surface area (Å²) in [6.07, 6.45) is -3.88. The zero-order valence-corrected chi connectivity index (χ0v) is 16.7. The van der Waals surface area contributed by atoms with Crippen LogP contribution in [0.15, 0.2) is 35.3 Å². The third kappa shape index (κ3) is 4.11. The molecule has 0 radical (unpaired) electrons. The number of aliphatic hydroxyl groups excluding tert-OH is 1. The fourth-order valence-electron chi connectivity index (χ4n) is 3.61. The maximum atomic E-state index is 12.8. The molecule has 11 heteroatoms. The predicted molar refractivity (Wildman–Crippen MR) is 108 cm³/mol. The van der Waals surface area contributed by atoms with Crippen LogP contribution in [0.4, 0.5) is 24.7 Å². The Hall–Kier alpha value is -3.03. The molecule has 3 aromatic rings. The van der Waals surface area contributed by atoms with Crippen LogP contribution in [0.5, 0.6) is 0 Å². The number of pyridine rings is 1. The standard InChI is InChI=1S/C20H17ClF3N5O2/c21-13-9-11(3-4-12(13)17(30)20(22,23)24)27-18-16-15(6-8-26-19(16)31)29(28-18)14(5-7-25)10-1-2-10/h3-4,6,8-10,14,17,30H,1-2,5H2,(H,26,31)(H,27,28)/t14?,17-/m0/s1. The molecule has 0 aliphatic heterocycles. The van der Waals surface area contributed by atoms with Gasteiger partial charge in [-0.3, -0.25) is 9.48 Å². The third-order valence-electron chi connectivity index (χ3n) is 5.28. The van der Waals surface area contributed by atoms with E-state index in [9.17, 15) is 28.3 Å². The molecule has 0 saturated heterocycles. The SMILES string of the molecule is N#CCC(C1CC1)n1nc(Nc2ccc([C@H](O)C(F)(F)F)c(Cl)c2)c2c(=O)[nH]ccc21. The lowest BCUT2D eigenvalue weighted by Gasteiger charge is -2.17. The smallest absolute Gasteiger partial charge is 0.379 e. The molecular weight excluding hydrogens is 435 g/mol. The first-order valence-electron chi connectivity index (χ1n) is 9.48. The van der Waals surface area contributed by atoms with Gasteiger partial charge in [0.2, 0.25) is 0 Å². The van der Waals surface area contributed by atoms with Gasteiger partial charge in [0.15, 0.2) is 11.9 Å². The number of H-pyrrole nitrogens is 1. The van der Waals surface area contributed by atoms with E-state index in [1.54, 1.807) is 10.7 Å². The molecule has 2 atom stereocenters.